The standard InChI is InChI=1S/C17H27NO/c1-13(2)10-11-19-17(12-18-15-8-9-15)16-7-5-4-6-14(16)3/h4-7,13,15,17-18H,8-12H2,1-3H3. The highest BCUT2D eigenvalue weighted by Crippen LogP contribution is 2.24. The molecule has 0 amide bonds. The van der Waals surface area contributed by atoms with Crippen molar-refractivity contribution >= 4 is 0 Å². The maximum absolute atomic E-state index is 6.14. The van der Waals surface area contributed by atoms with E-state index in [-0.39, 0.29) is 6.10 Å². The number of hydrogen-bond donors (Lipinski definition) is 1. The van der Waals surface area contributed by atoms with Gasteiger partial charge in [-0.2, -0.15) is 0 Å². The van der Waals surface area contributed by atoms with E-state index < -0.39 is 0 Å². The third kappa shape index (κ3) is 4.96. The Balaban J connectivity index is 1.93. The van der Waals surface area contributed by atoms with Gasteiger partial charge in [0.2, 0.25) is 0 Å². The third-order valence-electron chi connectivity index (χ3n) is 3.72. The Morgan fingerprint density at radius 2 is 2.00 bits per heavy atom. The van der Waals surface area contributed by atoms with E-state index in [2.05, 4.69) is 50.4 Å². The van der Waals surface area contributed by atoms with Crippen LogP contribution < -0.4 is 5.32 Å². The number of rotatable bonds is 8. The van der Waals surface area contributed by atoms with Gasteiger partial charge in [-0.15, -0.1) is 0 Å². The molecule has 1 saturated carbocycles. The first-order chi connectivity index (χ1) is 9.16. The van der Waals surface area contributed by atoms with Crippen LogP contribution in [0.15, 0.2) is 24.3 Å². The monoisotopic (exact) mass is 261 g/mol. The molecule has 2 rings (SSSR count). The minimum atomic E-state index is 0.195. The molecule has 1 aromatic carbocycles. The Hall–Kier alpha value is -0.860. The molecule has 1 aliphatic rings. The van der Waals surface area contributed by atoms with Gasteiger partial charge >= 0.3 is 0 Å². The van der Waals surface area contributed by atoms with Crippen molar-refractivity contribution in [2.75, 3.05) is 13.2 Å². The van der Waals surface area contributed by atoms with Crippen molar-refractivity contribution in [3.8, 4) is 0 Å². The summed E-state index contributed by atoms with van der Waals surface area (Å²) < 4.78 is 6.14. The summed E-state index contributed by atoms with van der Waals surface area (Å²) in [5.41, 5.74) is 2.66. The van der Waals surface area contributed by atoms with Gasteiger partial charge in [0.15, 0.2) is 0 Å². The Bertz CT molecular complexity index is 385. The fourth-order valence-corrected chi connectivity index (χ4v) is 2.21. The van der Waals surface area contributed by atoms with E-state index in [9.17, 15) is 0 Å². The highest BCUT2D eigenvalue weighted by atomic mass is 16.5. The molecule has 1 fully saturated rings. The second-order valence-electron chi connectivity index (χ2n) is 6.08. The van der Waals surface area contributed by atoms with Crippen LogP contribution >= 0.6 is 0 Å². The second-order valence-corrected chi connectivity index (χ2v) is 6.08. The molecule has 2 nitrogen and oxygen atoms in total. The van der Waals surface area contributed by atoms with E-state index in [1.165, 1.54) is 24.0 Å². The summed E-state index contributed by atoms with van der Waals surface area (Å²) in [6.45, 7) is 8.45. The highest BCUT2D eigenvalue weighted by Gasteiger charge is 2.23. The molecule has 0 bridgehead atoms. The molecule has 1 aliphatic carbocycles. The molecule has 106 valence electrons. The molecule has 1 N–H and O–H groups in total. The van der Waals surface area contributed by atoms with Gasteiger partial charge in [-0.25, -0.2) is 0 Å². The first-order valence-electron chi connectivity index (χ1n) is 7.57. The van der Waals surface area contributed by atoms with Crippen LogP contribution in [0.2, 0.25) is 0 Å². The molecular formula is C17H27NO. The van der Waals surface area contributed by atoms with Crippen LogP contribution in [0.1, 0.15) is 50.3 Å². The van der Waals surface area contributed by atoms with Crippen LogP contribution in [0, 0.1) is 12.8 Å². The summed E-state index contributed by atoms with van der Waals surface area (Å²) in [6.07, 6.45) is 3.98. The molecule has 0 spiro atoms. The van der Waals surface area contributed by atoms with Gasteiger partial charge in [0, 0.05) is 19.2 Å². The molecule has 2 heteroatoms. The van der Waals surface area contributed by atoms with Gasteiger partial charge in [0.05, 0.1) is 6.10 Å². The number of ether oxygens (including phenoxy) is 1. The summed E-state index contributed by atoms with van der Waals surface area (Å²) in [6, 6.07) is 9.31. The van der Waals surface area contributed by atoms with Crippen molar-refractivity contribution in [1.29, 1.82) is 0 Å². The maximum Gasteiger partial charge on any atom is 0.0951 e. The Kier molecular flexibility index (Phi) is 5.41. The van der Waals surface area contributed by atoms with Crippen LogP contribution in [-0.4, -0.2) is 19.2 Å². The summed E-state index contributed by atoms with van der Waals surface area (Å²) >= 11 is 0. The summed E-state index contributed by atoms with van der Waals surface area (Å²) in [4.78, 5) is 0. The molecule has 1 aromatic rings. The van der Waals surface area contributed by atoms with Gasteiger partial charge in [-0.3, -0.25) is 0 Å². The molecule has 0 saturated heterocycles. The van der Waals surface area contributed by atoms with Crippen molar-refractivity contribution in [3.63, 3.8) is 0 Å². The summed E-state index contributed by atoms with van der Waals surface area (Å²) in [5, 5.41) is 3.60. The van der Waals surface area contributed by atoms with E-state index >= 15 is 0 Å². The average Bonchev–Trinajstić information content (AvgIpc) is 3.18. The van der Waals surface area contributed by atoms with Crippen molar-refractivity contribution in [2.45, 2.75) is 52.2 Å². The molecule has 19 heavy (non-hydrogen) atoms. The minimum Gasteiger partial charge on any atom is -0.372 e. The fraction of sp³-hybridized carbons (Fsp3) is 0.647. The first kappa shape index (κ1) is 14.5. The summed E-state index contributed by atoms with van der Waals surface area (Å²) in [7, 11) is 0. The quantitative estimate of drug-likeness (QED) is 0.767. The number of benzene rings is 1. The smallest absolute Gasteiger partial charge is 0.0951 e. The lowest BCUT2D eigenvalue weighted by Crippen LogP contribution is -2.26. The minimum absolute atomic E-state index is 0.195. The van der Waals surface area contributed by atoms with Crippen LogP contribution in [0.5, 0.6) is 0 Å². The Labute approximate surface area is 117 Å². The normalized spacial score (nSPS) is 16.8. The van der Waals surface area contributed by atoms with E-state index in [4.69, 9.17) is 4.74 Å². The average molecular weight is 261 g/mol. The third-order valence-corrected chi connectivity index (χ3v) is 3.72. The van der Waals surface area contributed by atoms with E-state index in [0.717, 1.165) is 25.6 Å². The SMILES string of the molecule is Cc1ccccc1C(CNC1CC1)OCCC(C)C. The van der Waals surface area contributed by atoms with Crippen molar-refractivity contribution < 1.29 is 4.74 Å². The van der Waals surface area contributed by atoms with Crippen molar-refractivity contribution in [1.82, 2.24) is 5.32 Å². The molecule has 0 radical (unpaired) electrons. The number of aryl methyl sites for hydroxylation is 1. The molecule has 0 heterocycles. The van der Waals surface area contributed by atoms with Crippen molar-refractivity contribution in [3.05, 3.63) is 35.4 Å². The van der Waals surface area contributed by atoms with Gasteiger partial charge in [0.25, 0.3) is 0 Å². The van der Waals surface area contributed by atoms with Crippen LogP contribution in [0.25, 0.3) is 0 Å². The zero-order valence-corrected chi connectivity index (χ0v) is 12.5. The lowest BCUT2D eigenvalue weighted by molar-refractivity contribution is 0.0451. The van der Waals surface area contributed by atoms with E-state index in [1.54, 1.807) is 0 Å². The Morgan fingerprint density at radius 3 is 2.63 bits per heavy atom. The zero-order chi connectivity index (χ0) is 13.7. The Morgan fingerprint density at radius 1 is 1.26 bits per heavy atom. The highest BCUT2D eigenvalue weighted by molar-refractivity contribution is 5.28. The largest absolute Gasteiger partial charge is 0.372 e. The molecular weight excluding hydrogens is 234 g/mol. The fourth-order valence-electron chi connectivity index (χ4n) is 2.21. The van der Waals surface area contributed by atoms with Crippen LogP contribution in [0.4, 0.5) is 0 Å². The lowest BCUT2D eigenvalue weighted by atomic mass is 10.0. The topological polar surface area (TPSA) is 21.3 Å². The number of hydrogen-bond acceptors (Lipinski definition) is 2. The molecule has 1 atom stereocenters. The van der Waals surface area contributed by atoms with Gasteiger partial charge < -0.3 is 10.1 Å². The maximum atomic E-state index is 6.14. The van der Waals surface area contributed by atoms with Crippen molar-refractivity contribution in [2.24, 2.45) is 5.92 Å². The number of nitrogens with one attached hydrogen (secondary N) is 1. The van der Waals surface area contributed by atoms with Gasteiger partial charge in [-0.05, 0) is 43.2 Å². The van der Waals surface area contributed by atoms with Crippen LogP contribution in [0.3, 0.4) is 0 Å². The van der Waals surface area contributed by atoms with E-state index in [1.807, 2.05) is 0 Å². The van der Waals surface area contributed by atoms with Gasteiger partial charge in [0.1, 0.15) is 0 Å². The van der Waals surface area contributed by atoms with Crippen LogP contribution in [-0.2, 0) is 4.74 Å². The predicted molar refractivity (Wildman–Crippen MR) is 80.4 cm³/mol. The van der Waals surface area contributed by atoms with E-state index in [0.29, 0.717) is 5.92 Å². The molecule has 0 aromatic heterocycles. The molecule has 0 aliphatic heterocycles. The first-order valence-corrected chi connectivity index (χ1v) is 7.57. The summed E-state index contributed by atoms with van der Waals surface area (Å²) in [5.74, 6) is 0.703. The predicted octanol–water partition coefficient (Wildman–Crippen LogP) is 3.85. The lowest BCUT2D eigenvalue weighted by Gasteiger charge is -2.21. The van der Waals surface area contributed by atoms with Gasteiger partial charge in [-0.1, -0.05) is 38.1 Å². The second kappa shape index (κ2) is 7.06. The molecule has 1 unspecified atom stereocenters. The zero-order valence-electron chi connectivity index (χ0n) is 12.5.